The van der Waals surface area contributed by atoms with Crippen LogP contribution in [-0.2, 0) is 14.3 Å². The van der Waals surface area contributed by atoms with Gasteiger partial charge in [0, 0.05) is 10.8 Å². The number of hydrogen-bond donors (Lipinski definition) is 0. The van der Waals surface area contributed by atoms with Gasteiger partial charge in [0.25, 0.3) is 0 Å². The van der Waals surface area contributed by atoms with Crippen molar-refractivity contribution in [1.29, 1.82) is 0 Å². The van der Waals surface area contributed by atoms with E-state index in [1.807, 2.05) is 67.6 Å². The molecule has 0 aromatic heterocycles. The Hall–Kier alpha value is -2.18. The van der Waals surface area contributed by atoms with Crippen LogP contribution in [0.4, 0.5) is 0 Å². The highest BCUT2D eigenvalue weighted by molar-refractivity contribution is 8.00. The smallest absolute Gasteiger partial charge is 0.384 e. The third-order valence-corrected chi connectivity index (χ3v) is 4.32. The number of carbonyl (C=O) groups excluding carboxylic acids is 1. The lowest BCUT2D eigenvalue weighted by Gasteiger charge is -2.23. The van der Waals surface area contributed by atoms with Crippen molar-refractivity contribution >= 4 is 17.7 Å². The molecule has 0 bridgehead atoms. The fourth-order valence-electron chi connectivity index (χ4n) is 1.97. The summed E-state index contributed by atoms with van der Waals surface area (Å²) in [5.41, 5.74) is 1.06. The first-order valence-electron chi connectivity index (χ1n) is 7.13. The van der Waals surface area contributed by atoms with Crippen LogP contribution in [0.1, 0.15) is 19.4 Å². The van der Waals surface area contributed by atoms with Crippen molar-refractivity contribution in [2.45, 2.75) is 23.5 Å². The zero-order valence-electron chi connectivity index (χ0n) is 12.7. The minimum Gasteiger partial charge on any atom is -0.456 e. The Bertz CT molecular complexity index is 671. The molecule has 2 rings (SSSR count). The molecule has 2 aromatic rings. The molecule has 0 N–H and O–H groups in total. The van der Waals surface area contributed by atoms with Crippen LogP contribution >= 0.6 is 11.8 Å². The van der Waals surface area contributed by atoms with Crippen LogP contribution in [0, 0.1) is 11.8 Å². The second kappa shape index (κ2) is 7.72. The van der Waals surface area contributed by atoms with E-state index < -0.39 is 10.7 Å². The zero-order valence-corrected chi connectivity index (χ0v) is 13.5. The average Bonchev–Trinajstić information content (AvgIpc) is 2.55. The van der Waals surface area contributed by atoms with Crippen molar-refractivity contribution in [2.24, 2.45) is 0 Å². The van der Waals surface area contributed by atoms with Crippen LogP contribution in [-0.4, -0.2) is 12.6 Å². The van der Waals surface area contributed by atoms with Crippen molar-refractivity contribution in [3.05, 3.63) is 66.2 Å². The summed E-state index contributed by atoms with van der Waals surface area (Å²) in [6.45, 7) is 4.13. The van der Waals surface area contributed by atoms with E-state index >= 15 is 0 Å². The molecule has 0 aliphatic carbocycles. The number of ether oxygens (including phenoxy) is 1. The SMILES string of the molecule is CCOC(=O)C#CC(C)(Sc1ccccc1)c1ccccc1. The minimum atomic E-state index is -0.518. The van der Waals surface area contributed by atoms with Gasteiger partial charge in [0.1, 0.15) is 4.75 Å². The van der Waals surface area contributed by atoms with Gasteiger partial charge >= 0.3 is 5.97 Å². The molecule has 1 unspecified atom stereocenters. The summed E-state index contributed by atoms with van der Waals surface area (Å²) in [4.78, 5) is 12.7. The molecule has 0 aliphatic heterocycles. The second-order valence-corrected chi connectivity index (χ2v) is 6.28. The topological polar surface area (TPSA) is 26.3 Å². The molecule has 0 saturated heterocycles. The third kappa shape index (κ3) is 4.41. The molecule has 0 spiro atoms. The van der Waals surface area contributed by atoms with Gasteiger partial charge in [0.15, 0.2) is 0 Å². The lowest BCUT2D eigenvalue weighted by molar-refractivity contribution is -0.136. The molecule has 0 amide bonds. The number of thioether (sulfide) groups is 1. The molecule has 0 fully saturated rings. The first kappa shape index (κ1) is 16.2. The number of rotatable bonds is 4. The van der Waals surface area contributed by atoms with Crippen molar-refractivity contribution in [1.82, 2.24) is 0 Å². The van der Waals surface area contributed by atoms with Gasteiger partial charge in [-0.25, -0.2) is 4.79 Å². The van der Waals surface area contributed by atoms with Crippen LogP contribution in [0.5, 0.6) is 0 Å². The monoisotopic (exact) mass is 310 g/mol. The normalized spacial score (nSPS) is 12.6. The summed E-state index contributed by atoms with van der Waals surface area (Å²) in [6.07, 6.45) is 0. The lowest BCUT2D eigenvalue weighted by atomic mass is 10.0. The van der Waals surface area contributed by atoms with E-state index in [4.69, 9.17) is 4.74 Å². The molecular weight excluding hydrogens is 292 g/mol. The first-order valence-corrected chi connectivity index (χ1v) is 7.95. The predicted molar refractivity (Wildman–Crippen MR) is 90.5 cm³/mol. The van der Waals surface area contributed by atoms with E-state index in [0.29, 0.717) is 6.61 Å². The van der Waals surface area contributed by atoms with E-state index in [1.54, 1.807) is 18.7 Å². The molecule has 3 heteroatoms. The Labute approximate surface area is 135 Å². The van der Waals surface area contributed by atoms with Crippen LogP contribution in [0.25, 0.3) is 0 Å². The number of carbonyl (C=O) groups is 1. The quantitative estimate of drug-likeness (QED) is 0.365. The Balaban J connectivity index is 2.34. The Morgan fingerprint density at radius 2 is 1.68 bits per heavy atom. The predicted octanol–water partition coefficient (Wildman–Crippen LogP) is 4.26. The van der Waals surface area contributed by atoms with Gasteiger partial charge < -0.3 is 4.74 Å². The lowest BCUT2D eigenvalue weighted by Crippen LogP contribution is -2.15. The van der Waals surface area contributed by atoms with Crippen molar-refractivity contribution in [3.63, 3.8) is 0 Å². The molecule has 0 aliphatic rings. The maximum absolute atomic E-state index is 11.6. The largest absolute Gasteiger partial charge is 0.456 e. The third-order valence-electron chi connectivity index (χ3n) is 3.07. The summed E-state index contributed by atoms with van der Waals surface area (Å²) < 4.78 is 4.38. The van der Waals surface area contributed by atoms with Crippen molar-refractivity contribution in [3.8, 4) is 11.8 Å². The maximum atomic E-state index is 11.6. The molecule has 0 radical (unpaired) electrons. The molecule has 22 heavy (non-hydrogen) atoms. The van der Waals surface area contributed by atoms with Gasteiger partial charge in [-0.1, -0.05) is 54.5 Å². The number of benzene rings is 2. The Kier molecular flexibility index (Phi) is 5.68. The molecule has 2 nitrogen and oxygen atoms in total. The van der Waals surface area contributed by atoms with Crippen LogP contribution in [0.15, 0.2) is 65.6 Å². The van der Waals surface area contributed by atoms with Crippen LogP contribution in [0.3, 0.4) is 0 Å². The van der Waals surface area contributed by atoms with Crippen LogP contribution < -0.4 is 0 Å². The maximum Gasteiger partial charge on any atom is 0.384 e. The second-order valence-electron chi connectivity index (χ2n) is 4.78. The molecular formula is C19H18O2S. The van der Waals surface area contributed by atoms with E-state index in [9.17, 15) is 4.79 Å². The van der Waals surface area contributed by atoms with Crippen molar-refractivity contribution in [2.75, 3.05) is 6.61 Å². The highest BCUT2D eigenvalue weighted by Crippen LogP contribution is 2.40. The van der Waals surface area contributed by atoms with E-state index in [1.165, 1.54) is 0 Å². The summed E-state index contributed by atoms with van der Waals surface area (Å²) in [5.74, 6) is 5.21. The highest BCUT2D eigenvalue weighted by atomic mass is 32.2. The summed E-state index contributed by atoms with van der Waals surface area (Å²) in [5, 5.41) is 0. The summed E-state index contributed by atoms with van der Waals surface area (Å²) in [7, 11) is 0. The fourth-order valence-corrected chi connectivity index (χ4v) is 3.10. The van der Waals surface area contributed by atoms with Gasteiger partial charge in [-0.2, -0.15) is 0 Å². The van der Waals surface area contributed by atoms with Gasteiger partial charge in [0.05, 0.1) is 6.61 Å². The Morgan fingerprint density at radius 1 is 1.09 bits per heavy atom. The molecule has 112 valence electrons. The van der Waals surface area contributed by atoms with Gasteiger partial charge in [-0.3, -0.25) is 0 Å². The zero-order chi connectivity index (χ0) is 15.8. The average molecular weight is 310 g/mol. The molecule has 0 heterocycles. The fraction of sp³-hybridized carbons (Fsp3) is 0.211. The first-order chi connectivity index (χ1) is 10.6. The summed E-state index contributed by atoms with van der Waals surface area (Å²) >= 11 is 1.62. The molecule has 0 saturated carbocycles. The highest BCUT2D eigenvalue weighted by Gasteiger charge is 2.26. The van der Waals surface area contributed by atoms with Crippen LogP contribution in [0.2, 0.25) is 0 Å². The summed E-state index contributed by atoms with van der Waals surface area (Å²) in [6, 6.07) is 20.0. The molecule has 1 atom stereocenters. The minimum absolute atomic E-state index is 0.335. The van der Waals surface area contributed by atoms with Gasteiger partial charge in [-0.05, 0) is 31.5 Å². The van der Waals surface area contributed by atoms with E-state index in [0.717, 1.165) is 10.5 Å². The number of hydrogen-bond acceptors (Lipinski definition) is 3. The van der Waals surface area contributed by atoms with Gasteiger partial charge in [0.2, 0.25) is 0 Å². The van der Waals surface area contributed by atoms with E-state index in [-0.39, 0.29) is 0 Å². The molecule has 2 aromatic carbocycles. The van der Waals surface area contributed by atoms with E-state index in [2.05, 4.69) is 11.8 Å². The standard InChI is InChI=1S/C19H18O2S/c1-3-21-18(20)14-15-19(2,16-10-6-4-7-11-16)22-17-12-8-5-9-13-17/h4-13H,3H2,1-2H3. The van der Waals surface area contributed by atoms with Gasteiger partial charge in [-0.15, -0.1) is 11.8 Å². The number of esters is 1. The van der Waals surface area contributed by atoms with Crippen molar-refractivity contribution < 1.29 is 9.53 Å². The Morgan fingerprint density at radius 3 is 2.27 bits per heavy atom.